The number of nitrogens with one attached hydrogen (secondary N) is 1. The van der Waals surface area contributed by atoms with Gasteiger partial charge in [-0.25, -0.2) is 4.79 Å². The summed E-state index contributed by atoms with van der Waals surface area (Å²) in [5.41, 5.74) is 1.45. The second-order valence-electron chi connectivity index (χ2n) is 5.27. The Labute approximate surface area is 131 Å². The van der Waals surface area contributed by atoms with E-state index in [1.165, 1.54) is 0 Å². The number of fused-ring (bicyclic) bond motifs is 1. The average Bonchev–Trinajstić information content (AvgIpc) is 2.54. The molecule has 0 aliphatic carbocycles. The Morgan fingerprint density at radius 3 is 2.52 bits per heavy atom. The van der Waals surface area contributed by atoms with Crippen molar-refractivity contribution in [1.82, 2.24) is 0 Å². The van der Waals surface area contributed by atoms with E-state index >= 15 is 0 Å². The largest absolute Gasteiger partial charge is 0.423 e. The molecule has 0 aromatic heterocycles. The SMILES string of the molecule is O=C(Oc1ccc(C(F)(F)F)cc1)c1cccc2c1CCCN2. The van der Waals surface area contributed by atoms with Crippen LogP contribution in [0.3, 0.4) is 0 Å². The fourth-order valence-corrected chi connectivity index (χ4v) is 2.58. The highest BCUT2D eigenvalue weighted by Gasteiger charge is 2.30. The van der Waals surface area contributed by atoms with E-state index in [9.17, 15) is 18.0 Å². The molecule has 6 heteroatoms. The third-order valence-electron chi connectivity index (χ3n) is 3.71. The average molecular weight is 321 g/mol. The number of hydrogen-bond acceptors (Lipinski definition) is 3. The molecule has 0 radical (unpaired) electrons. The molecule has 3 rings (SSSR count). The zero-order valence-corrected chi connectivity index (χ0v) is 12.1. The monoisotopic (exact) mass is 321 g/mol. The topological polar surface area (TPSA) is 38.3 Å². The van der Waals surface area contributed by atoms with Crippen molar-refractivity contribution in [1.29, 1.82) is 0 Å². The minimum Gasteiger partial charge on any atom is -0.423 e. The lowest BCUT2D eigenvalue weighted by Gasteiger charge is -2.20. The van der Waals surface area contributed by atoms with Crippen LogP contribution >= 0.6 is 0 Å². The number of carbonyl (C=O) groups excluding carboxylic acids is 1. The van der Waals surface area contributed by atoms with Crippen LogP contribution in [0.1, 0.15) is 27.9 Å². The first kappa shape index (κ1) is 15.4. The molecule has 0 saturated heterocycles. The fourth-order valence-electron chi connectivity index (χ4n) is 2.58. The van der Waals surface area contributed by atoms with Gasteiger partial charge in [-0.1, -0.05) is 6.07 Å². The molecular formula is C17H14F3NO2. The standard InChI is InChI=1S/C17H14F3NO2/c18-17(19,20)11-6-8-12(9-7-11)23-16(22)14-3-1-5-15-13(14)4-2-10-21-15/h1,3,5-9,21H,2,4,10H2. The van der Waals surface area contributed by atoms with Gasteiger partial charge in [0, 0.05) is 12.2 Å². The number of alkyl halides is 3. The normalized spacial score (nSPS) is 13.9. The molecule has 1 N–H and O–H groups in total. The summed E-state index contributed by atoms with van der Waals surface area (Å²) in [6.45, 7) is 0.852. The van der Waals surface area contributed by atoms with Gasteiger partial charge < -0.3 is 10.1 Å². The van der Waals surface area contributed by atoms with Gasteiger partial charge in [0.05, 0.1) is 11.1 Å². The number of hydrogen-bond donors (Lipinski definition) is 1. The van der Waals surface area contributed by atoms with Gasteiger partial charge in [-0.2, -0.15) is 13.2 Å². The van der Waals surface area contributed by atoms with Gasteiger partial charge in [0.25, 0.3) is 0 Å². The van der Waals surface area contributed by atoms with E-state index in [1.54, 1.807) is 12.1 Å². The summed E-state index contributed by atoms with van der Waals surface area (Å²) in [5, 5.41) is 3.21. The predicted molar refractivity (Wildman–Crippen MR) is 79.7 cm³/mol. The van der Waals surface area contributed by atoms with Gasteiger partial charge >= 0.3 is 12.1 Å². The second kappa shape index (κ2) is 5.95. The lowest BCUT2D eigenvalue weighted by Crippen LogP contribution is -2.18. The van der Waals surface area contributed by atoms with Gasteiger partial charge in [0.15, 0.2) is 0 Å². The Hall–Kier alpha value is -2.50. The molecule has 0 unspecified atom stereocenters. The highest BCUT2D eigenvalue weighted by molar-refractivity contribution is 5.94. The van der Waals surface area contributed by atoms with Crippen LogP contribution < -0.4 is 10.1 Å². The van der Waals surface area contributed by atoms with E-state index in [2.05, 4.69) is 5.32 Å². The first-order chi connectivity index (χ1) is 10.9. The number of esters is 1. The van der Waals surface area contributed by atoms with Crippen molar-refractivity contribution >= 4 is 11.7 Å². The molecule has 1 heterocycles. The molecule has 0 atom stereocenters. The van der Waals surface area contributed by atoms with Crippen LogP contribution in [0.15, 0.2) is 42.5 Å². The van der Waals surface area contributed by atoms with Gasteiger partial charge in [-0.05, 0) is 54.8 Å². The highest BCUT2D eigenvalue weighted by atomic mass is 19.4. The van der Waals surface area contributed by atoms with E-state index in [0.29, 0.717) is 5.56 Å². The number of carbonyl (C=O) groups is 1. The summed E-state index contributed by atoms with van der Waals surface area (Å²) < 4.78 is 42.8. The fraction of sp³-hybridized carbons (Fsp3) is 0.235. The molecule has 1 aliphatic heterocycles. The van der Waals surface area contributed by atoms with Crippen LogP contribution in [0, 0.1) is 0 Å². The molecule has 2 aromatic rings. The van der Waals surface area contributed by atoms with Crippen molar-refractivity contribution < 1.29 is 22.7 Å². The Balaban J connectivity index is 1.80. The molecule has 120 valence electrons. The molecule has 2 aromatic carbocycles. The lowest BCUT2D eigenvalue weighted by molar-refractivity contribution is -0.137. The van der Waals surface area contributed by atoms with Crippen molar-refractivity contribution in [3.05, 3.63) is 59.2 Å². The van der Waals surface area contributed by atoms with Crippen molar-refractivity contribution in [2.75, 3.05) is 11.9 Å². The first-order valence-electron chi connectivity index (χ1n) is 7.20. The van der Waals surface area contributed by atoms with Crippen LogP contribution in [0.4, 0.5) is 18.9 Å². The summed E-state index contributed by atoms with van der Waals surface area (Å²) in [5.74, 6) is -0.477. The van der Waals surface area contributed by atoms with Crippen molar-refractivity contribution in [3.63, 3.8) is 0 Å². The number of rotatable bonds is 2. The molecule has 3 nitrogen and oxygen atoms in total. The molecule has 1 aliphatic rings. The Morgan fingerprint density at radius 1 is 1.09 bits per heavy atom. The zero-order valence-electron chi connectivity index (χ0n) is 12.1. The molecule has 0 bridgehead atoms. The number of ether oxygens (including phenoxy) is 1. The molecule has 0 amide bonds. The van der Waals surface area contributed by atoms with E-state index in [1.807, 2.05) is 6.07 Å². The first-order valence-corrected chi connectivity index (χ1v) is 7.20. The summed E-state index contributed by atoms with van der Waals surface area (Å²) in [7, 11) is 0. The quantitative estimate of drug-likeness (QED) is 0.663. The van der Waals surface area contributed by atoms with Gasteiger partial charge in [-0.15, -0.1) is 0 Å². The highest BCUT2D eigenvalue weighted by Crippen LogP contribution is 2.31. The smallest absolute Gasteiger partial charge is 0.416 e. The van der Waals surface area contributed by atoms with Crippen molar-refractivity contribution in [3.8, 4) is 5.75 Å². The number of anilines is 1. The van der Waals surface area contributed by atoms with E-state index in [-0.39, 0.29) is 5.75 Å². The van der Waals surface area contributed by atoms with Crippen LogP contribution in [-0.2, 0) is 12.6 Å². The van der Waals surface area contributed by atoms with Crippen molar-refractivity contribution in [2.24, 2.45) is 0 Å². The second-order valence-corrected chi connectivity index (χ2v) is 5.27. The summed E-state index contributed by atoms with van der Waals surface area (Å²) in [4.78, 5) is 12.3. The third-order valence-corrected chi connectivity index (χ3v) is 3.71. The van der Waals surface area contributed by atoms with Crippen LogP contribution in [0.2, 0.25) is 0 Å². The minimum absolute atomic E-state index is 0.0874. The van der Waals surface area contributed by atoms with Crippen LogP contribution in [0.25, 0.3) is 0 Å². The van der Waals surface area contributed by atoms with Crippen LogP contribution in [-0.4, -0.2) is 12.5 Å². The van der Waals surface area contributed by atoms with E-state index in [4.69, 9.17) is 4.74 Å². The lowest BCUT2D eigenvalue weighted by atomic mass is 9.98. The number of benzene rings is 2. The molecule has 23 heavy (non-hydrogen) atoms. The molecular weight excluding hydrogens is 307 g/mol. The van der Waals surface area contributed by atoms with E-state index in [0.717, 1.165) is 54.9 Å². The minimum atomic E-state index is -4.41. The zero-order chi connectivity index (χ0) is 16.4. The maximum atomic E-state index is 12.5. The Kier molecular flexibility index (Phi) is 3.98. The third kappa shape index (κ3) is 3.31. The van der Waals surface area contributed by atoms with Gasteiger partial charge in [-0.3, -0.25) is 0 Å². The number of halogens is 3. The molecule has 0 spiro atoms. The van der Waals surface area contributed by atoms with E-state index < -0.39 is 17.7 Å². The Morgan fingerprint density at radius 2 is 1.83 bits per heavy atom. The summed E-state index contributed by atoms with van der Waals surface area (Å²) in [6, 6.07) is 9.39. The Bertz CT molecular complexity index is 724. The predicted octanol–water partition coefficient (Wildman–Crippen LogP) is 4.28. The summed E-state index contributed by atoms with van der Waals surface area (Å²) >= 11 is 0. The molecule has 0 fully saturated rings. The van der Waals surface area contributed by atoms with Crippen molar-refractivity contribution in [2.45, 2.75) is 19.0 Å². The van der Waals surface area contributed by atoms with Crippen LogP contribution in [0.5, 0.6) is 5.75 Å². The maximum absolute atomic E-state index is 12.5. The van der Waals surface area contributed by atoms with Gasteiger partial charge in [0.1, 0.15) is 5.75 Å². The maximum Gasteiger partial charge on any atom is 0.416 e. The molecule has 0 saturated carbocycles. The summed E-state index contributed by atoms with van der Waals surface area (Å²) in [6.07, 6.45) is -2.73. The van der Waals surface area contributed by atoms with Gasteiger partial charge in [0.2, 0.25) is 0 Å².